The molecule has 1 saturated carbocycles. The fourth-order valence-electron chi connectivity index (χ4n) is 2.73. The van der Waals surface area contributed by atoms with Crippen LogP contribution in [0, 0.1) is 5.92 Å². The van der Waals surface area contributed by atoms with Crippen LogP contribution in [0.2, 0.25) is 5.02 Å². The number of rotatable bonds is 5. The summed E-state index contributed by atoms with van der Waals surface area (Å²) in [6, 6.07) is 6.50. The number of sulfonamides is 1. The Labute approximate surface area is 149 Å². The van der Waals surface area contributed by atoms with Gasteiger partial charge in [0.15, 0.2) is 4.90 Å². The molecule has 1 atom stereocenters. The molecule has 1 aromatic carbocycles. The summed E-state index contributed by atoms with van der Waals surface area (Å²) in [6.45, 7) is 0. The Morgan fingerprint density at radius 1 is 1.16 bits per heavy atom. The number of benzene rings is 1. The molecule has 1 N–H and O–H groups in total. The van der Waals surface area contributed by atoms with Crippen LogP contribution in [-0.4, -0.2) is 17.6 Å². The van der Waals surface area contributed by atoms with Gasteiger partial charge in [0.05, 0.1) is 0 Å². The Morgan fingerprint density at radius 3 is 2.32 bits per heavy atom. The highest BCUT2D eigenvalue weighted by molar-refractivity contribution is 7.89. The molecule has 134 valence electrons. The minimum Gasteiger partial charge on any atom is -0.302 e. The van der Waals surface area contributed by atoms with Crippen molar-refractivity contribution in [2.24, 2.45) is 20.0 Å². The van der Waals surface area contributed by atoms with Gasteiger partial charge in [-0.1, -0.05) is 23.7 Å². The van der Waals surface area contributed by atoms with Crippen LogP contribution in [0.25, 0.3) is 0 Å². The first-order valence-corrected chi connectivity index (χ1v) is 9.61. The Balaban J connectivity index is 2.01. The Bertz CT molecular complexity index is 1020. The van der Waals surface area contributed by atoms with Crippen molar-refractivity contribution in [3.05, 3.63) is 61.9 Å². The first kappa shape index (κ1) is 17.9. The summed E-state index contributed by atoms with van der Waals surface area (Å²) < 4.78 is 30.0. The van der Waals surface area contributed by atoms with Crippen molar-refractivity contribution in [1.29, 1.82) is 0 Å². The number of aromatic nitrogens is 2. The van der Waals surface area contributed by atoms with Crippen LogP contribution in [0.15, 0.2) is 44.9 Å². The lowest BCUT2D eigenvalue weighted by Crippen LogP contribution is -2.42. The first-order valence-electron chi connectivity index (χ1n) is 7.75. The highest BCUT2D eigenvalue weighted by atomic mass is 35.5. The van der Waals surface area contributed by atoms with Crippen molar-refractivity contribution in [2.75, 3.05) is 0 Å². The van der Waals surface area contributed by atoms with E-state index in [0.717, 1.165) is 33.7 Å². The average molecular weight is 384 g/mol. The highest BCUT2D eigenvalue weighted by Gasteiger charge is 2.36. The average Bonchev–Trinajstić information content (AvgIpc) is 3.40. The normalized spacial score (nSPS) is 16.0. The lowest BCUT2D eigenvalue weighted by molar-refractivity contribution is 0.524. The van der Waals surface area contributed by atoms with Gasteiger partial charge in [-0.15, -0.1) is 0 Å². The number of nitrogens with zero attached hydrogens (tertiary/aromatic N) is 2. The molecule has 0 aliphatic heterocycles. The van der Waals surface area contributed by atoms with Gasteiger partial charge in [-0.2, -0.15) is 0 Å². The molecule has 1 aliphatic rings. The maximum Gasteiger partial charge on any atom is 0.330 e. The molecule has 2 aromatic rings. The molecule has 9 heteroatoms. The molecule has 25 heavy (non-hydrogen) atoms. The second-order valence-corrected chi connectivity index (χ2v) is 8.36. The highest BCUT2D eigenvalue weighted by Crippen LogP contribution is 2.41. The number of hydrogen-bond acceptors (Lipinski definition) is 4. The van der Waals surface area contributed by atoms with Crippen molar-refractivity contribution >= 4 is 21.6 Å². The quantitative estimate of drug-likeness (QED) is 0.839. The molecule has 0 bridgehead atoms. The molecule has 0 spiro atoms. The Hall–Kier alpha value is -1.90. The van der Waals surface area contributed by atoms with Gasteiger partial charge < -0.3 is 4.57 Å². The van der Waals surface area contributed by atoms with Crippen LogP contribution in [0.4, 0.5) is 0 Å². The van der Waals surface area contributed by atoms with Crippen LogP contribution in [-0.2, 0) is 24.1 Å². The van der Waals surface area contributed by atoms with Crippen molar-refractivity contribution < 1.29 is 8.42 Å². The fraction of sp³-hybridized carbons (Fsp3) is 0.375. The van der Waals surface area contributed by atoms with E-state index in [1.165, 1.54) is 14.1 Å². The lowest BCUT2D eigenvalue weighted by atomic mass is 10.0. The molecule has 0 radical (unpaired) electrons. The molecule has 1 fully saturated rings. The molecule has 1 aliphatic carbocycles. The zero-order valence-electron chi connectivity index (χ0n) is 13.8. The number of halogens is 1. The monoisotopic (exact) mass is 383 g/mol. The van der Waals surface area contributed by atoms with Crippen LogP contribution in [0.3, 0.4) is 0 Å². The molecule has 1 aromatic heterocycles. The summed E-state index contributed by atoms with van der Waals surface area (Å²) in [5.74, 6) is 0.173. The molecular formula is C16H18ClN3O4S. The number of hydrogen-bond donors (Lipinski definition) is 1. The molecule has 1 heterocycles. The molecule has 0 saturated heterocycles. The van der Waals surface area contributed by atoms with Crippen molar-refractivity contribution in [1.82, 2.24) is 13.9 Å². The van der Waals surface area contributed by atoms with Gasteiger partial charge in [-0.25, -0.2) is 17.9 Å². The minimum absolute atomic E-state index is 0.173. The third-order valence-electron chi connectivity index (χ3n) is 4.31. The summed E-state index contributed by atoms with van der Waals surface area (Å²) >= 11 is 5.90. The van der Waals surface area contributed by atoms with E-state index in [9.17, 15) is 18.0 Å². The topological polar surface area (TPSA) is 90.2 Å². The van der Waals surface area contributed by atoms with Gasteiger partial charge in [0.25, 0.3) is 5.56 Å². The van der Waals surface area contributed by atoms with Crippen molar-refractivity contribution in [3.8, 4) is 0 Å². The Morgan fingerprint density at radius 2 is 1.76 bits per heavy atom. The Kier molecular flexibility index (Phi) is 4.61. The van der Waals surface area contributed by atoms with Crippen LogP contribution < -0.4 is 16.0 Å². The second-order valence-electron chi connectivity index (χ2n) is 6.24. The van der Waals surface area contributed by atoms with E-state index in [1.54, 1.807) is 24.3 Å². The van der Waals surface area contributed by atoms with E-state index in [-0.39, 0.29) is 5.92 Å². The molecule has 1 unspecified atom stereocenters. The molecule has 7 nitrogen and oxygen atoms in total. The zero-order chi connectivity index (χ0) is 18.4. The largest absolute Gasteiger partial charge is 0.330 e. The van der Waals surface area contributed by atoms with E-state index in [0.29, 0.717) is 5.02 Å². The van der Waals surface area contributed by atoms with E-state index >= 15 is 0 Å². The fourth-order valence-corrected chi connectivity index (χ4v) is 4.31. The van der Waals surface area contributed by atoms with E-state index in [2.05, 4.69) is 4.72 Å². The SMILES string of the molecule is Cn1cc(S(=O)(=O)NC(c2ccc(Cl)cc2)C2CC2)c(=O)n(C)c1=O. The molecular weight excluding hydrogens is 366 g/mol. The number of aryl methyl sites for hydroxylation is 1. The summed E-state index contributed by atoms with van der Waals surface area (Å²) in [7, 11) is -1.44. The van der Waals surface area contributed by atoms with E-state index in [1.807, 2.05) is 0 Å². The van der Waals surface area contributed by atoms with Crippen LogP contribution in [0.1, 0.15) is 24.4 Å². The van der Waals surface area contributed by atoms with Gasteiger partial charge in [-0.3, -0.25) is 9.36 Å². The van der Waals surface area contributed by atoms with E-state index < -0.39 is 32.2 Å². The van der Waals surface area contributed by atoms with Gasteiger partial charge >= 0.3 is 5.69 Å². The number of nitrogens with one attached hydrogen (secondary N) is 1. The maximum atomic E-state index is 12.8. The van der Waals surface area contributed by atoms with Gasteiger partial charge in [0, 0.05) is 31.4 Å². The predicted molar refractivity (Wildman–Crippen MR) is 94.2 cm³/mol. The summed E-state index contributed by atoms with van der Waals surface area (Å²) in [5.41, 5.74) is -0.640. The minimum atomic E-state index is -4.09. The zero-order valence-corrected chi connectivity index (χ0v) is 15.3. The third kappa shape index (κ3) is 3.56. The van der Waals surface area contributed by atoms with Crippen LogP contribution >= 0.6 is 11.6 Å². The van der Waals surface area contributed by atoms with Gasteiger partial charge in [-0.05, 0) is 36.5 Å². The molecule has 3 rings (SSSR count). The summed E-state index contributed by atoms with van der Waals surface area (Å²) in [6.07, 6.45) is 2.86. The lowest BCUT2D eigenvalue weighted by Gasteiger charge is -2.19. The smallest absolute Gasteiger partial charge is 0.302 e. The van der Waals surface area contributed by atoms with Crippen LogP contribution in [0.5, 0.6) is 0 Å². The summed E-state index contributed by atoms with van der Waals surface area (Å²) in [5, 5.41) is 0.563. The van der Waals surface area contributed by atoms with E-state index in [4.69, 9.17) is 11.6 Å². The van der Waals surface area contributed by atoms with Crippen molar-refractivity contribution in [3.63, 3.8) is 0 Å². The first-order chi connectivity index (χ1) is 11.7. The standard InChI is InChI=1S/C16H18ClN3O4S/c1-19-9-13(15(21)20(2)16(19)22)25(23,24)18-14(10-3-4-10)11-5-7-12(17)8-6-11/h5-10,14,18H,3-4H2,1-2H3. The van der Waals surface area contributed by atoms with Gasteiger partial charge in [0.2, 0.25) is 10.0 Å². The second kappa shape index (κ2) is 6.44. The van der Waals surface area contributed by atoms with Gasteiger partial charge in [0.1, 0.15) is 0 Å². The summed E-state index contributed by atoms with van der Waals surface area (Å²) in [4.78, 5) is 23.6. The predicted octanol–water partition coefficient (Wildman–Crippen LogP) is 1.17. The maximum absolute atomic E-state index is 12.8. The van der Waals surface area contributed by atoms with Crippen molar-refractivity contribution in [2.45, 2.75) is 23.8 Å². The molecule has 0 amide bonds. The third-order valence-corrected chi connectivity index (χ3v) is 5.98.